The average molecular weight is 450 g/mol. The van der Waals surface area contributed by atoms with Crippen molar-refractivity contribution in [2.75, 3.05) is 13.2 Å². The van der Waals surface area contributed by atoms with Gasteiger partial charge in [-0.15, -0.1) is 5.10 Å². The summed E-state index contributed by atoms with van der Waals surface area (Å²) in [5.74, 6) is 0.327. The van der Waals surface area contributed by atoms with E-state index in [4.69, 9.17) is 14.4 Å². The second-order valence-corrected chi connectivity index (χ2v) is 13.2. The lowest BCUT2D eigenvalue weighted by molar-refractivity contribution is 0.216. The van der Waals surface area contributed by atoms with Gasteiger partial charge >= 0.3 is 0 Å². The van der Waals surface area contributed by atoms with Crippen molar-refractivity contribution >= 4 is 18.7 Å². The number of nitriles is 1. The Morgan fingerprint density at radius 3 is 2.09 bits per heavy atom. The molecule has 0 saturated heterocycles. The second kappa shape index (κ2) is 10.1. The van der Waals surface area contributed by atoms with Crippen LogP contribution in [0.5, 0.6) is 5.88 Å². The van der Waals surface area contributed by atoms with Crippen LogP contribution >= 0.6 is 0 Å². The summed E-state index contributed by atoms with van der Waals surface area (Å²) < 4.78 is 14.0. The molecule has 7 heteroatoms. The van der Waals surface area contributed by atoms with Crippen LogP contribution < -0.4 is 15.1 Å². The van der Waals surface area contributed by atoms with Crippen molar-refractivity contribution in [3.63, 3.8) is 0 Å². The standard InChI is InChI=1S/C25H31N3O3Si/c1-20(28-21(18-29)17-24(27-28)30-16-15-26)19-31-32(25(2,3)4,22-11-7-5-8-12-22)23-13-9-6-10-14-23/h5-14,17,20,29H,16,18-19H2,1-4H3/t20-/m0/s1. The maximum absolute atomic E-state index is 9.81. The van der Waals surface area contributed by atoms with Crippen LogP contribution in [0.4, 0.5) is 0 Å². The van der Waals surface area contributed by atoms with Gasteiger partial charge in [0.15, 0.2) is 6.61 Å². The van der Waals surface area contributed by atoms with E-state index in [2.05, 4.69) is 74.4 Å². The molecule has 0 saturated carbocycles. The summed E-state index contributed by atoms with van der Waals surface area (Å²) in [7, 11) is -2.66. The first-order valence-electron chi connectivity index (χ1n) is 10.8. The number of aromatic nitrogens is 2. The lowest BCUT2D eigenvalue weighted by Crippen LogP contribution is -2.66. The fourth-order valence-electron chi connectivity index (χ4n) is 4.16. The first-order chi connectivity index (χ1) is 15.3. The van der Waals surface area contributed by atoms with Gasteiger partial charge in [0.05, 0.1) is 24.9 Å². The van der Waals surface area contributed by atoms with Crippen LogP contribution in [-0.2, 0) is 11.0 Å². The highest BCUT2D eigenvalue weighted by molar-refractivity contribution is 6.99. The third-order valence-corrected chi connectivity index (χ3v) is 10.6. The topological polar surface area (TPSA) is 80.3 Å². The Morgan fingerprint density at radius 1 is 1.06 bits per heavy atom. The van der Waals surface area contributed by atoms with Gasteiger partial charge in [-0.1, -0.05) is 81.4 Å². The number of hydrogen-bond donors (Lipinski definition) is 1. The van der Waals surface area contributed by atoms with Gasteiger partial charge in [-0.25, -0.2) is 0 Å². The fourth-order valence-corrected chi connectivity index (χ4v) is 8.81. The zero-order valence-corrected chi connectivity index (χ0v) is 20.2. The van der Waals surface area contributed by atoms with Crippen LogP contribution in [0.3, 0.4) is 0 Å². The Kier molecular flexibility index (Phi) is 7.51. The summed E-state index contributed by atoms with van der Waals surface area (Å²) in [5, 5.41) is 25.3. The molecule has 0 aliphatic heterocycles. The smallest absolute Gasteiger partial charge is 0.261 e. The van der Waals surface area contributed by atoms with E-state index in [1.807, 2.05) is 25.1 Å². The van der Waals surface area contributed by atoms with Crippen molar-refractivity contribution in [2.45, 2.75) is 45.4 Å². The molecule has 0 aliphatic carbocycles. The molecule has 1 heterocycles. The van der Waals surface area contributed by atoms with E-state index in [-0.39, 0.29) is 24.3 Å². The van der Waals surface area contributed by atoms with E-state index in [1.54, 1.807) is 10.7 Å². The van der Waals surface area contributed by atoms with Gasteiger partial charge in [-0.3, -0.25) is 4.68 Å². The predicted octanol–water partition coefficient (Wildman–Crippen LogP) is 3.42. The highest BCUT2D eigenvalue weighted by Gasteiger charge is 2.50. The molecule has 0 spiro atoms. The Hall–Kier alpha value is -2.92. The Labute approximate surface area is 191 Å². The van der Waals surface area contributed by atoms with E-state index in [1.165, 1.54) is 10.4 Å². The van der Waals surface area contributed by atoms with Gasteiger partial charge in [0, 0.05) is 6.07 Å². The zero-order chi connectivity index (χ0) is 23.2. The summed E-state index contributed by atoms with van der Waals surface area (Å²) in [6.07, 6.45) is 0. The summed E-state index contributed by atoms with van der Waals surface area (Å²) in [4.78, 5) is 0. The van der Waals surface area contributed by atoms with Crippen molar-refractivity contribution in [3.05, 3.63) is 72.4 Å². The first kappa shape index (κ1) is 23.7. The molecule has 32 heavy (non-hydrogen) atoms. The molecule has 3 rings (SSSR count). The lowest BCUT2D eigenvalue weighted by Gasteiger charge is -2.43. The largest absolute Gasteiger partial charge is 0.461 e. The van der Waals surface area contributed by atoms with Crippen molar-refractivity contribution in [2.24, 2.45) is 0 Å². The Balaban J connectivity index is 1.98. The van der Waals surface area contributed by atoms with E-state index in [0.29, 0.717) is 18.2 Å². The highest BCUT2D eigenvalue weighted by Crippen LogP contribution is 2.37. The lowest BCUT2D eigenvalue weighted by atomic mass is 10.2. The van der Waals surface area contributed by atoms with Crippen LogP contribution in [0.15, 0.2) is 66.7 Å². The zero-order valence-electron chi connectivity index (χ0n) is 19.2. The van der Waals surface area contributed by atoms with Gasteiger partial charge < -0.3 is 14.3 Å². The number of benzene rings is 2. The van der Waals surface area contributed by atoms with Gasteiger partial charge in [0.25, 0.3) is 8.32 Å². The Morgan fingerprint density at radius 2 is 1.62 bits per heavy atom. The van der Waals surface area contributed by atoms with Crippen LogP contribution in [0.1, 0.15) is 39.4 Å². The molecule has 0 amide bonds. The highest BCUT2D eigenvalue weighted by atomic mass is 28.4. The summed E-state index contributed by atoms with van der Waals surface area (Å²) >= 11 is 0. The van der Waals surface area contributed by atoms with Crippen LogP contribution in [0.25, 0.3) is 0 Å². The average Bonchev–Trinajstić information content (AvgIpc) is 3.22. The summed E-state index contributed by atoms with van der Waals surface area (Å²) in [5.41, 5.74) is 0.622. The summed E-state index contributed by atoms with van der Waals surface area (Å²) in [6, 6.07) is 24.4. The molecule has 0 radical (unpaired) electrons. The molecule has 6 nitrogen and oxygen atoms in total. The molecular formula is C25H31N3O3Si. The third kappa shape index (κ3) is 4.78. The predicted molar refractivity (Wildman–Crippen MR) is 128 cm³/mol. The minimum absolute atomic E-state index is 0.0885. The van der Waals surface area contributed by atoms with Gasteiger partial charge in [0.1, 0.15) is 6.07 Å². The van der Waals surface area contributed by atoms with Crippen LogP contribution in [0, 0.1) is 11.3 Å². The molecule has 2 aromatic carbocycles. The number of aliphatic hydroxyl groups excluding tert-OH is 1. The SMILES string of the molecule is C[C@@H](CO[Si](c1ccccc1)(c1ccccc1)C(C)(C)C)n1nc(OCC#N)cc1CO. The molecule has 0 fully saturated rings. The maximum atomic E-state index is 9.81. The van der Waals surface area contributed by atoms with E-state index in [0.717, 1.165) is 0 Å². The van der Waals surface area contributed by atoms with Gasteiger partial charge in [0.2, 0.25) is 5.88 Å². The molecule has 168 valence electrons. The number of ether oxygens (including phenoxy) is 1. The fraction of sp³-hybridized carbons (Fsp3) is 0.360. The number of rotatable bonds is 9. The van der Waals surface area contributed by atoms with E-state index < -0.39 is 8.32 Å². The minimum atomic E-state index is -2.66. The molecule has 0 aliphatic rings. The molecule has 0 bridgehead atoms. The normalized spacial score (nSPS) is 12.9. The van der Waals surface area contributed by atoms with Crippen molar-refractivity contribution < 1.29 is 14.3 Å². The molecule has 1 N–H and O–H groups in total. The van der Waals surface area contributed by atoms with Crippen molar-refractivity contribution in [1.29, 1.82) is 5.26 Å². The van der Waals surface area contributed by atoms with E-state index in [9.17, 15) is 5.11 Å². The Bertz CT molecular complexity index is 1000. The molecule has 0 unspecified atom stereocenters. The van der Waals surface area contributed by atoms with Gasteiger partial charge in [-0.2, -0.15) is 5.26 Å². The maximum Gasteiger partial charge on any atom is 0.261 e. The summed E-state index contributed by atoms with van der Waals surface area (Å²) in [6.45, 7) is 8.89. The minimum Gasteiger partial charge on any atom is -0.461 e. The monoisotopic (exact) mass is 449 g/mol. The molecular weight excluding hydrogens is 418 g/mol. The number of nitrogens with zero attached hydrogens (tertiary/aromatic N) is 3. The third-order valence-electron chi connectivity index (χ3n) is 5.61. The molecule has 1 atom stereocenters. The molecule has 1 aromatic heterocycles. The quantitative estimate of drug-likeness (QED) is 0.507. The van der Waals surface area contributed by atoms with Crippen LogP contribution in [-0.4, -0.2) is 36.4 Å². The number of aliphatic hydroxyl groups is 1. The van der Waals surface area contributed by atoms with E-state index >= 15 is 0 Å². The van der Waals surface area contributed by atoms with Crippen molar-refractivity contribution in [3.8, 4) is 11.9 Å². The molecule has 3 aromatic rings. The first-order valence-corrected chi connectivity index (χ1v) is 12.7. The van der Waals surface area contributed by atoms with Crippen LogP contribution in [0.2, 0.25) is 5.04 Å². The van der Waals surface area contributed by atoms with Crippen molar-refractivity contribution in [1.82, 2.24) is 9.78 Å². The second-order valence-electron chi connectivity index (χ2n) is 8.85. The van der Waals surface area contributed by atoms with Gasteiger partial charge in [-0.05, 0) is 22.3 Å². The number of hydrogen-bond acceptors (Lipinski definition) is 5.